The van der Waals surface area contributed by atoms with Gasteiger partial charge in [-0.05, 0) is 6.42 Å². The van der Waals surface area contributed by atoms with Crippen LogP contribution < -0.4 is 5.73 Å². The van der Waals surface area contributed by atoms with Crippen LogP contribution in [0.15, 0.2) is 12.4 Å². The van der Waals surface area contributed by atoms with Crippen LogP contribution in [-0.2, 0) is 4.84 Å². The van der Waals surface area contributed by atoms with Crippen molar-refractivity contribution < 1.29 is 9.92 Å². The van der Waals surface area contributed by atoms with Crippen LogP contribution in [0.25, 0.3) is 0 Å². The Morgan fingerprint density at radius 3 is 2.69 bits per heavy atom. The minimum Gasteiger partial charge on any atom is -0.369 e. The molecule has 0 aliphatic carbocycles. The molecule has 0 radical (unpaired) electrons. The lowest BCUT2D eigenvalue weighted by molar-refractivity contribution is -0.757. The summed E-state index contributed by atoms with van der Waals surface area (Å²) in [7, 11) is 0. The number of nitrogens with two attached hydrogens (primary N) is 1. The topological polar surface area (TPSA) is 107 Å². The minimum atomic E-state index is -0.788. The van der Waals surface area contributed by atoms with Crippen molar-refractivity contribution in [1.29, 1.82) is 0 Å². The fourth-order valence-corrected chi connectivity index (χ4v) is 0.443. The molecule has 0 aliphatic heterocycles. The molecule has 1 aromatic heterocycles. The van der Waals surface area contributed by atoms with Crippen molar-refractivity contribution >= 4 is 5.95 Å². The van der Waals surface area contributed by atoms with Gasteiger partial charge < -0.3 is 15.6 Å². The standard InChI is InChI=1S/C3H5N3.C3H7NO3/c4-3-5-1-2-6-3;1-2-3-7-4(5)6/h1-2H,(H3,4,5,6);2-3H2,1H3. The van der Waals surface area contributed by atoms with Crippen molar-refractivity contribution in [1.82, 2.24) is 9.97 Å². The monoisotopic (exact) mass is 188 g/mol. The quantitative estimate of drug-likeness (QED) is 0.533. The second-order valence-corrected chi connectivity index (χ2v) is 2.03. The summed E-state index contributed by atoms with van der Waals surface area (Å²) in [6, 6.07) is 0. The summed E-state index contributed by atoms with van der Waals surface area (Å²) in [5.74, 6) is 0.468. The molecule has 74 valence electrons. The predicted molar refractivity (Wildman–Crippen MR) is 46.2 cm³/mol. The highest BCUT2D eigenvalue weighted by Gasteiger charge is 1.87. The zero-order valence-corrected chi connectivity index (χ0v) is 7.27. The number of imidazole rings is 1. The normalized spacial score (nSPS) is 8.38. The second-order valence-electron chi connectivity index (χ2n) is 2.03. The highest BCUT2D eigenvalue weighted by molar-refractivity contribution is 5.11. The summed E-state index contributed by atoms with van der Waals surface area (Å²) in [6.07, 6.45) is 3.96. The van der Waals surface area contributed by atoms with Crippen LogP contribution in [0.5, 0.6) is 0 Å². The Morgan fingerprint density at radius 2 is 2.54 bits per heavy atom. The van der Waals surface area contributed by atoms with Gasteiger partial charge in [0.05, 0.1) is 6.61 Å². The largest absolute Gasteiger partial charge is 0.369 e. The van der Waals surface area contributed by atoms with Gasteiger partial charge in [-0.25, -0.2) is 4.98 Å². The Hall–Kier alpha value is -1.79. The highest BCUT2D eigenvalue weighted by atomic mass is 16.9. The molecule has 0 fully saturated rings. The molecule has 13 heavy (non-hydrogen) atoms. The summed E-state index contributed by atoms with van der Waals surface area (Å²) < 4.78 is 0. The molecule has 7 heteroatoms. The Balaban J connectivity index is 0.000000223. The van der Waals surface area contributed by atoms with Crippen molar-refractivity contribution in [2.45, 2.75) is 13.3 Å². The third-order valence-corrected chi connectivity index (χ3v) is 0.920. The first-order chi connectivity index (χ1) is 6.16. The Kier molecular flexibility index (Phi) is 5.94. The Bertz CT molecular complexity index is 224. The lowest BCUT2D eigenvalue weighted by atomic mass is 10.5. The molecule has 1 aromatic rings. The molecule has 0 aliphatic rings. The predicted octanol–water partition coefficient (Wildman–Crippen LogP) is 0.597. The smallest absolute Gasteiger partial charge is 0.294 e. The van der Waals surface area contributed by atoms with Crippen LogP contribution in [-0.4, -0.2) is 21.7 Å². The Labute approximate surface area is 75.0 Å². The van der Waals surface area contributed by atoms with Crippen LogP contribution in [0.2, 0.25) is 0 Å². The maximum Gasteiger partial charge on any atom is 0.294 e. The van der Waals surface area contributed by atoms with E-state index in [9.17, 15) is 10.1 Å². The highest BCUT2D eigenvalue weighted by Crippen LogP contribution is 1.81. The lowest BCUT2D eigenvalue weighted by Gasteiger charge is -1.88. The lowest BCUT2D eigenvalue weighted by Crippen LogP contribution is -1.99. The molecular weight excluding hydrogens is 176 g/mol. The van der Waals surface area contributed by atoms with Crippen molar-refractivity contribution in [3.05, 3.63) is 22.5 Å². The zero-order valence-electron chi connectivity index (χ0n) is 7.27. The van der Waals surface area contributed by atoms with E-state index in [0.29, 0.717) is 12.4 Å². The Morgan fingerprint density at radius 1 is 1.85 bits per heavy atom. The van der Waals surface area contributed by atoms with E-state index in [-0.39, 0.29) is 6.61 Å². The number of rotatable bonds is 3. The maximum absolute atomic E-state index is 9.34. The average molecular weight is 188 g/mol. The number of aromatic nitrogens is 2. The summed E-state index contributed by atoms with van der Waals surface area (Å²) in [5, 5.41) is 8.55. The van der Waals surface area contributed by atoms with Crippen LogP contribution in [0.4, 0.5) is 5.95 Å². The van der Waals surface area contributed by atoms with Crippen molar-refractivity contribution in [3.63, 3.8) is 0 Å². The number of anilines is 1. The fourth-order valence-electron chi connectivity index (χ4n) is 0.443. The number of nitrogens with one attached hydrogen (secondary N) is 1. The minimum absolute atomic E-state index is 0.201. The first-order valence-corrected chi connectivity index (χ1v) is 3.69. The first-order valence-electron chi connectivity index (χ1n) is 3.69. The van der Waals surface area contributed by atoms with Crippen molar-refractivity contribution in [2.24, 2.45) is 0 Å². The zero-order chi connectivity index (χ0) is 10.1. The van der Waals surface area contributed by atoms with Gasteiger partial charge in [0.2, 0.25) is 0 Å². The first kappa shape index (κ1) is 11.2. The SMILES string of the molecule is CCCO[N+](=O)[O-].Nc1ncc[nH]1. The van der Waals surface area contributed by atoms with Gasteiger partial charge in [-0.1, -0.05) is 6.92 Å². The van der Waals surface area contributed by atoms with E-state index < -0.39 is 5.09 Å². The molecular formula is C6H12N4O3. The third-order valence-electron chi connectivity index (χ3n) is 0.920. The second kappa shape index (κ2) is 6.89. The van der Waals surface area contributed by atoms with Crippen molar-refractivity contribution in [2.75, 3.05) is 12.3 Å². The van der Waals surface area contributed by atoms with Crippen LogP contribution in [0.1, 0.15) is 13.3 Å². The molecule has 7 nitrogen and oxygen atoms in total. The third kappa shape index (κ3) is 8.11. The van der Waals surface area contributed by atoms with Gasteiger partial charge in [0.25, 0.3) is 5.09 Å². The number of H-pyrrole nitrogens is 1. The van der Waals surface area contributed by atoms with Gasteiger partial charge in [0.15, 0.2) is 5.95 Å². The van der Waals surface area contributed by atoms with Gasteiger partial charge in [-0.3, -0.25) is 0 Å². The van der Waals surface area contributed by atoms with E-state index in [4.69, 9.17) is 5.73 Å². The van der Waals surface area contributed by atoms with E-state index in [1.807, 2.05) is 6.92 Å². The molecule has 0 unspecified atom stereocenters. The summed E-state index contributed by atoms with van der Waals surface area (Å²) in [4.78, 5) is 19.6. The van der Waals surface area contributed by atoms with Crippen LogP contribution in [0.3, 0.4) is 0 Å². The molecule has 0 spiro atoms. The molecule has 0 saturated heterocycles. The number of aromatic amines is 1. The maximum atomic E-state index is 9.34. The molecule has 0 aromatic carbocycles. The van der Waals surface area contributed by atoms with Gasteiger partial charge in [-0.2, -0.15) is 0 Å². The van der Waals surface area contributed by atoms with Crippen molar-refractivity contribution in [3.8, 4) is 0 Å². The molecule has 0 saturated carbocycles. The van der Waals surface area contributed by atoms with Gasteiger partial charge in [-0.15, -0.1) is 10.1 Å². The molecule has 1 rings (SSSR count). The van der Waals surface area contributed by atoms with E-state index in [1.54, 1.807) is 12.4 Å². The van der Waals surface area contributed by atoms with E-state index >= 15 is 0 Å². The van der Waals surface area contributed by atoms with E-state index in [2.05, 4.69) is 14.8 Å². The fraction of sp³-hybridized carbons (Fsp3) is 0.500. The molecule has 1 heterocycles. The summed E-state index contributed by atoms with van der Waals surface area (Å²) in [5.41, 5.74) is 5.11. The number of nitrogen functional groups attached to an aromatic ring is 1. The van der Waals surface area contributed by atoms with E-state index in [1.165, 1.54) is 0 Å². The van der Waals surface area contributed by atoms with Gasteiger partial charge in [0.1, 0.15) is 0 Å². The number of hydrogen-bond donors (Lipinski definition) is 2. The summed E-state index contributed by atoms with van der Waals surface area (Å²) in [6.45, 7) is 2.01. The van der Waals surface area contributed by atoms with Gasteiger partial charge in [0, 0.05) is 12.4 Å². The average Bonchev–Trinajstić information content (AvgIpc) is 2.53. The number of nitrogens with zero attached hydrogens (tertiary/aromatic N) is 2. The molecule has 3 N–H and O–H groups in total. The van der Waals surface area contributed by atoms with Gasteiger partial charge >= 0.3 is 0 Å². The molecule has 0 atom stereocenters. The van der Waals surface area contributed by atoms with Crippen LogP contribution >= 0.6 is 0 Å². The van der Waals surface area contributed by atoms with E-state index in [0.717, 1.165) is 0 Å². The molecule has 0 amide bonds. The summed E-state index contributed by atoms with van der Waals surface area (Å²) >= 11 is 0. The molecule has 0 bridgehead atoms. The number of hydrogen-bond acceptors (Lipinski definition) is 5. The van der Waals surface area contributed by atoms with Crippen LogP contribution in [0, 0.1) is 10.1 Å².